The number of hydrogen-bond donors (Lipinski definition) is 1. The molecule has 0 saturated heterocycles. The number of hydrogen-bond acceptors (Lipinski definition) is 4. The molecule has 1 atom stereocenters. The van der Waals surface area contributed by atoms with E-state index >= 15 is 0 Å². The molecule has 0 aliphatic heterocycles. The summed E-state index contributed by atoms with van der Waals surface area (Å²) in [6.07, 6.45) is 5.58. The van der Waals surface area contributed by atoms with Crippen molar-refractivity contribution in [2.24, 2.45) is 0 Å². The Morgan fingerprint density at radius 2 is 1.64 bits per heavy atom. The summed E-state index contributed by atoms with van der Waals surface area (Å²) in [6.45, 7) is 5.48. The maximum atomic E-state index is 14.3. The lowest BCUT2D eigenvalue weighted by atomic mass is 9.95. The molecule has 1 N–H and O–H groups in total. The van der Waals surface area contributed by atoms with Gasteiger partial charge in [-0.3, -0.25) is 13.9 Å². The summed E-state index contributed by atoms with van der Waals surface area (Å²) in [7, 11) is -4.11. The quantitative estimate of drug-likeness (QED) is 0.255. The highest BCUT2D eigenvalue weighted by Crippen LogP contribution is 2.28. The van der Waals surface area contributed by atoms with Gasteiger partial charge in [-0.05, 0) is 74.6 Å². The van der Waals surface area contributed by atoms with Crippen LogP contribution in [-0.2, 0) is 26.2 Å². The number of anilines is 1. The van der Waals surface area contributed by atoms with Gasteiger partial charge in [0, 0.05) is 17.1 Å². The minimum Gasteiger partial charge on any atom is -0.352 e. The SMILES string of the molecule is CCC(C(=O)NC1CCCCC1)N(Cc1ccccc1C)C(=O)CN(c1cccc(Br)c1)S(=O)(=O)c1ccc(C)cc1. The van der Waals surface area contributed by atoms with Crippen molar-refractivity contribution in [1.82, 2.24) is 10.2 Å². The zero-order valence-corrected chi connectivity index (χ0v) is 27.0. The predicted molar refractivity (Wildman–Crippen MR) is 171 cm³/mol. The molecule has 9 heteroatoms. The fourth-order valence-corrected chi connectivity index (χ4v) is 7.23. The summed E-state index contributed by atoms with van der Waals surface area (Å²) < 4.78 is 29.9. The van der Waals surface area contributed by atoms with Crippen molar-refractivity contribution in [3.8, 4) is 0 Å². The summed E-state index contributed by atoms with van der Waals surface area (Å²) in [6, 6.07) is 20.6. The minimum atomic E-state index is -4.11. The molecule has 7 nitrogen and oxygen atoms in total. The summed E-state index contributed by atoms with van der Waals surface area (Å²) in [4.78, 5) is 29.6. The maximum absolute atomic E-state index is 14.3. The van der Waals surface area contributed by atoms with Crippen LogP contribution in [0.25, 0.3) is 0 Å². The van der Waals surface area contributed by atoms with E-state index in [9.17, 15) is 18.0 Å². The monoisotopic (exact) mass is 653 g/mol. The van der Waals surface area contributed by atoms with E-state index in [4.69, 9.17) is 0 Å². The lowest BCUT2D eigenvalue weighted by Gasteiger charge is -2.34. The molecule has 1 fully saturated rings. The molecular formula is C33H40BrN3O4S. The summed E-state index contributed by atoms with van der Waals surface area (Å²) >= 11 is 3.44. The van der Waals surface area contributed by atoms with Gasteiger partial charge < -0.3 is 10.2 Å². The Bertz CT molecular complexity index is 1490. The first-order valence-corrected chi connectivity index (χ1v) is 16.8. The molecule has 1 unspecified atom stereocenters. The van der Waals surface area contributed by atoms with Gasteiger partial charge in [-0.2, -0.15) is 0 Å². The van der Waals surface area contributed by atoms with E-state index in [1.807, 2.05) is 45.0 Å². The van der Waals surface area contributed by atoms with Crippen LogP contribution in [0.2, 0.25) is 0 Å². The van der Waals surface area contributed by atoms with Gasteiger partial charge in [-0.15, -0.1) is 0 Å². The van der Waals surface area contributed by atoms with E-state index in [0.717, 1.165) is 46.7 Å². The number of sulfonamides is 1. The van der Waals surface area contributed by atoms with E-state index < -0.39 is 28.5 Å². The smallest absolute Gasteiger partial charge is 0.264 e. The van der Waals surface area contributed by atoms with Crippen LogP contribution in [0.5, 0.6) is 0 Å². The molecular weight excluding hydrogens is 614 g/mol. The average Bonchev–Trinajstić information content (AvgIpc) is 2.97. The predicted octanol–water partition coefficient (Wildman–Crippen LogP) is 6.52. The number of carbonyl (C=O) groups excluding carboxylic acids is 2. The zero-order chi connectivity index (χ0) is 30.3. The number of nitrogens with one attached hydrogen (secondary N) is 1. The van der Waals surface area contributed by atoms with Gasteiger partial charge in [0.15, 0.2) is 0 Å². The van der Waals surface area contributed by atoms with Gasteiger partial charge in [0.1, 0.15) is 12.6 Å². The molecule has 0 bridgehead atoms. The van der Waals surface area contributed by atoms with Crippen LogP contribution < -0.4 is 9.62 Å². The molecule has 224 valence electrons. The average molecular weight is 655 g/mol. The number of halogens is 1. The van der Waals surface area contributed by atoms with Crippen LogP contribution in [-0.4, -0.2) is 43.8 Å². The Balaban J connectivity index is 1.71. The van der Waals surface area contributed by atoms with E-state index in [2.05, 4.69) is 21.2 Å². The van der Waals surface area contributed by atoms with Gasteiger partial charge in [-0.1, -0.05) is 90.1 Å². The minimum absolute atomic E-state index is 0.0911. The van der Waals surface area contributed by atoms with Crippen LogP contribution in [0.1, 0.15) is 62.1 Å². The van der Waals surface area contributed by atoms with Crippen molar-refractivity contribution in [3.05, 3.63) is 94.0 Å². The first-order valence-electron chi connectivity index (χ1n) is 14.6. The van der Waals surface area contributed by atoms with Crippen LogP contribution in [0.3, 0.4) is 0 Å². The first-order chi connectivity index (χ1) is 20.1. The Morgan fingerprint density at radius 1 is 0.952 bits per heavy atom. The van der Waals surface area contributed by atoms with Gasteiger partial charge >= 0.3 is 0 Å². The van der Waals surface area contributed by atoms with Gasteiger partial charge in [0.25, 0.3) is 10.0 Å². The van der Waals surface area contributed by atoms with Crippen LogP contribution in [0.15, 0.2) is 82.2 Å². The largest absolute Gasteiger partial charge is 0.352 e. The van der Waals surface area contributed by atoms with E-state index in [1.165, 1.54) is 6.42 Å². The maximum Gasteiger partial charge on any atom is 0.264 e. The fraction of sp³-hybridized carbons (Fsp3) is 0.394. The van der Waals surface area contributed by atoms with Crippen molar-refractivity contribution in [2.75, 3.05) is 10.8 Å². The summed E-state index contributed by atoms with van der Waals surface area (Å²) in [5.74, 6) is -0.638. The standard InChI is InChI=1S/C33H40BrN3O4S/c1-4-31(33(39)35-28-14-6-5-7-15-28)36(22-26-12-9-8-11-25(26)3)32(38)23-37(29-16-10-13-27(34)21-29)42(40,41)30-19-17-24(2)18-20-30/h8-13,16-21,28,31H,4-7,14-15,22-23H2,1-3H3,(H,35,39). The Hall–Kier alpha value is -3.17. The number of benzene rings is 3. The highest BCUT2D eigenvalue weighted by atomic mass is 79.9. The second-order valence-corrected chi connectivity index (χ2v) is 13.8. The molecule has 1 aliphatic rings. The number of carbonyl (C=O) groups is 2. The molecule has 0 radical (unpaired) electrons. The van der Waals surface area contributed by atoms with Crippen molar-refractivity contribution in [3.63, 3.8) is 0 Å². The van der Waals surface area contributed by atoms with Crippen LogP contribution in [0.4, 0.5) is 5.69 Å². The number of nitrogens with zero attached hydrogens (tertiary/aromatic N) is 2. The van der Waals surface area contributed by atoms with E-state index in [1.54, 1.807) is 53.4 Å². The Morgan fingerprint density at radius 3 is 2.29 bits per heavy atom. The van der Waals surface area contributed by atoms with Crippen molar-refractivity contribution in [2.45, 2.75) is 82.8 Å². The number of aryl methyl sites for hydroxylation is 2. The van der Waals surface area contributed by atoms with Gasteiger partial charge in [-0.25, -0.2) is 8.42 Å². The Kier molecular flexibility index (Phi) is 10.8. The van der Waals surface area contributed by atoms with Crippen molar-refractivity contribution in [1.29, 1.82) is 0 Å². The highest BCUT2D eigenvalue weighted by Gasteiger charge is 2.34. The van der Waals surface area contributed by atoms with Crippen LogP contribution >= 0.6 is 15.9 Å². The molecule has 3 aromatic carbocycles. The third-order valence-electron chi connectivity index (χ3n) is 7.92. The second-order valence-electron chi connectivity index (χ2n) is 11.0. The molecule has 2 amide bonds. The van der Waals surface area contributed by atoms with E-state index in [0.29, 0.717) is 16.6 Å². The fourth-order valence-electron chi connectivity index (χ4n) is 5.43. The molecule has 4 rings (SSSR count). The summed E-state index contributed by atoms with van der Waals surface area (Å²) in [5.41, 5.74) is 3.19. The highest BCUT2D eigenvalue weighted by molar-refractivity contribution is 9.10. The summed E-state index contributed by atoms with van der Waals surface area (Å²) in [5, 5.41) is 3.19. The topological polar surface area (TPSA) is 86.8 Å². The zero-order valence-electron chi connectivity index (χ0n) is 24.6. The molecule has 0 aromatic heterocycles. The molecule has 0 heterocycles. The molecule has 42 heavy (non-hydrogen) atoms. The normalized spacial score (nSPS) is 14.7. The van der Waals surface area contributed by atoms with Crippen LogP contribution in [0, 0.1) is 13.8 Å². The third kappa shape index (κ3) is 7.81. The van der Waals surface area contributed by atoms with Crippen molar-refractivity contribution < 1.29 is 18.0 Å². The molecule has 1 saturated carbocycles. The van der Waals surface area contributed by atoms with Crippen molar-refractivity contribution >= 4 is 43.5 Å². The van der Waals surface area contributed by atoms with Gasteiger partial charge in [0.2, 0.25) is 11.8 Å². The second kappa shape index (κ2) is 14.3. The van der Waals surface area contributed by atoms with E-state index in [-0.39, 0.29) is 23.4 Å². The molecule has 0 spiro atoms. The lowest BCUT2D eigenvalue weighted by Crippen LogP contribution is -2.54. The molecule has 3 aromatic rings. The number of amides is 2. The third-order valence-corrected chi connectivity index (χ3v) is 10.2. The number of rotatable bonds is 11. The first kappa shape index (κ1) is 31.8. The van der Waals surface area contributed by atoms with Gasteiger partial charge in [0.05, 0.1) is 10.6 Å². The Labute approximate surface area is 258 Å². The molecule has 1 aliphatic carbocycles. The lowest BCUT2D eigenvalue weighted by molar-refractivity contribution is -0.140.